The summed E-state index contributed by atoms with van der Waals surface area (Å²) < 4.78 is 25.3. The summed E-state index contributed by atoms with van der Waals surface area (Å²) in [7, 11) is -8.90. The molecular weight excluding hydrogens is 244 g/mol. The van der Waals surface area contributed by atoms with Crippen LogP contribution in [0.4, 0.5) is 0 Å². The van der Waals surface area contributed by atoms with Crippen molar-refractivity contribution in [3.63, 3.8) is 0 Å². The van der Waals surface area contributed by atoms with E-state index in [1.165, 1.54) is 6.08 Å². The third-order valence-corrected chi connectivity index (χ3v) is 3.86. The first kappa shape index (κ1) is 15.0. The molecule has 0 aliphatic heterocycles. The Morgan fingerprint density at radius 3 is 2.47 bits per heavy atom. The molecule has 9 heteroatoms. The van der Waals surface area contributed by atoms with E-state index in [1.807, 2.05) is 5.09 Å². The fourth-order valence-electron chi connectivity index (χ4n) is 0.620. The van der Waals surface area contributed by atoms with Crippen molar-refractivity contribution < 1.29 is 28.3 Å². The van der Waals surface area contributed by atoms with Crippen LogP contribution in [0.25, 0.3) is 0 Å². The zero-order chi connectivity index (χ0) is 12.1. The molecule has 0 fully saturated rings. The van der Waals surface area contributed by atoms with Crippen LogP contribution in [0.2, 0.25) is 0 Å². The van der Waals surface area contributed by atoms with Crippen molar-refractivity contribution >= 4 is 15.3 Å². The first-order chi connectivity index (χ1) is 6.66. The van der Waals surface area contributed by atoms with Gasteiger partial charge in [0.15, 0.2) is 0 Å². The monoisotopic (exact) mass is 257 g/mol. The molecule has 0 radical (unpaired) electrons. The molecule has 2 atom stereocenters. The largest absolute Gasteiger partial charge is 0.778 e. The standard InChI is InChI=1S/C6H15NO6P2/c1-6(5-8)3-4-7-15(11,12)13-14(2,9)10/h3,8H,4-5H2,1-2H3,(H,9,10)(H2,7,11,12)/p-2/b6-3+. The van der Waals surface area contributed by atoms with E-state index in [-0.39, 0.29) is 13.2 Å². The van der Waals surface area contributed by atoms with Crippen LogP contribution in [-0.2, 0) is 13.4 Å². The predicted molar refractivity (Wildman–Crippen MR) is 51.1 cm³/mol. The minimum Gasteiger partial charge on any atom is -0.778 e. The van der Waals surface area contributed by atoms with Gasteiger partial charge < -0.3 is 19.5 Å². The summed E-state index contributed by atoms with van der Waals surface area (Å²) in [5, 5.41) is 10.5. The molecule has 0 rings (SSSR count). The SMILES string of the molecule is C/C(=C\CNP(=O)([O-])OP(C)(=O)[O-])CO. The van der Waals surface area contributed by atoms with Crippen LogP contribution in [0.1, 0.15) is 6.92 Å². The molecule has 0 aromatic heterocycles. The average Bonchev–Trinajstić information content (AvgIpc) is 1.98. The Labute approximate surface area is 87.9 Å². The summed E-state index contributed by atoms with van der Waals surface area (Å²) in [5.41, 5.74) is 0.560. The van der Waals surface area contributed by atoms with Crippen LogP contribution >= 0.6 is 15.3 Å². The molecular formula is C6H13NO6P2-2. The van der Waals surface area contributed by atoms with E-state index in [0.717, 1.165) is 0 Å². The molecule has 0 aromatic rings. The van der Waals surface area contributed by atoms with Crippen molar-refractivity contribution in [1.29, 1.82) is 0 Å². The summed E-state index contributed by atoms with van der Waals surface area (Å²) in [4.78, 5) is 21.5. The second kappa shape index (κ2) is 5.92. The van der Waals surface area contributed by atoms with Gasteiger partial charge in [0.05, 0.1) is 6.61 Å². The maximum absolute atomic E-state index is 10.9. The number of hydrogen-bond acceptors (Lipinski definition) is 6. The second-order valence-electron chi connectivity index (χ2n) is 2.92. The lowest BCUT2D eigenvalue weighted by molar-refractivity contribution is -0.214. The van der Waals surface area contributed by atoms with Crippen molar-refractivity contribution in [3.8, 4) is 0 Å². The topological polar surface area (TPSA) is 122 Å². The maximum atomic E-state index is 10.9. The molecule has 0 aliphatic rings. The van der Waals surface area contributed by atoms with Gasteiger partial charge in [-0.05, 0) is 6.92 Å². The minimum absolute atomic E-state index is 0.132. The van der Waals surface area contributed by atoms with Gasteiger partial charge in [0.2, 0.25) is 7.75 Å². The fraction of sp³-hybridized carbons (Fsp3) is 0.667. The Hall–Kier alpha value is -0.0000000000000000416. The molecule has 0 saturated carbocycles. The molecule has 0 saturated heterocycles. The van der Waals surface area contributed by atoms with Crippen molar-refractivity contribution in [3.05, 3.63) is 11.6 Å². The van der Waals surface area contributed by atoms with Gasteiger partial charge in [0.25, 0.3) is 0 Å². The highest BCUT2D eigenvalue weighted by atomic mass is 31.3. The maximum Gasteiger partial charge on any atom is 0.209 e. The van der Waals surface area contributed by atoms with Gasteiger partial charge in [-0.25, -0.2) is 0 Å². The number of hydrogen-bond donors (Lipinski definition) is 2. The summed E-state index contributed by atoms with van der Waals surface area (Å²) in [5.74, 6) is 0. The Balaban J connectivity index is 4.18. The van der Waals surface area contributed by atoms with E-state index < -0.39 is 15.3 Å². The van der Waals surface area contributed by atoms with Crippen LogP contribution in [0.15, 0.2) is 11.6 Å². The van der Waals surface area contributed by atoms with E-state index in [9.17, 15) is 18.9 Å². The van der Waals surface area contributed by atoms with E-state index >= 15 is 0 Å². The van der Waals surface area contributed by atoms with E-state index in [0.29, 0.717) is 12.2 Å². The molecule has 90 valence electrons. The van der Waals surface area contributed by atoms with E-state index in [2.05, 4.69) is 4.31 Å². The van der Waals surface area contributed by atoms with Crippen LogP contribution in [0, 0.1) is 0 Å². The van der Waals surface area contributed by atoms with Gasteiger partial charge in [-0.1, -0.05) is 11.6 Å². The first-order valence-corrected chi connectivity index (χ1v) is 7.52. The summed E-state index contributed by atoms with van der Waals surface area (Å²) in [6.07, 6.45) is 1.40. The van der Waals surface area contributed by atoms with Crippen LogP contribution in [-0.4, -0.2) is 24.9 Å². The molecule has 0 heterocycles. The molecule has 0 aliphatic carbocycles. The minimum atomic E-state index is -4.58. The van der Waals surface area contributed by atoms with Crippen molar-refractivity contribution in [1.82, 2.24) is 5.09 Å². The van der Waals surface area contributed by atoms with Gasteiger partial charge in [-0.2, -0.15) is 0 Å². The Morgan fingerprint density at radius 1 is 1.53 bits per heavy atom. The lowest BCUT2D eigenvalue weighted by atomic mass is 10.3. The fourth-order valence-corrected chi connectivity index (χ4v) is 2.73. The quantitative estimate of drug-likeness (QED) is 0.471. The Bertz CT molecular complexity index is 322. The Morgan fingerprint density at radius 2 is 2.07 bits per heavy atom. The van der Waals surface area contributed by atoms with Crippen LogP contribution in [0.5, 0.6) is 0 Å². The van der Waals surface area contributed by atoms with Crippen LogP contribution in [0.3, 0.4) is 0 Å². The van der Waals surface area contributed by atoms with Gasteiger partial charge >= 0.3 is 0 Å². The van der Waals surface area contributed by atoms with Gasteiger partial charge in [-0.15, -0.1) is 0 Å². The highest BCUT2D eigenvalue weighted by molar-refractivity contribution is 7.63. The summed E-state index contributed by atoms with van der Waals surface area (Å²) in [6, 6.07) is 0. The normalized spacial score (nSPS) is 20.7. The predicted octanol–water partition coefficient (Wildman–Crippen LogP) is -0.817. The zero-order valence-corrected chi connectivity index (χ0v) is 10.2. The Kier molecular flexibility index (Phi) is 5.92. The van der Waals surface area contributed by atoms with Crippen molar-refractivity contribution in [2.24, 2.45) is 0 Å². The molecule has 15 heavy (non-hydrogen) atoms. The molecule has 0 aromatic carbocycles. The van der Waals surface area contributed by atoms with E-state index in [4.69, 9.17) is 5.11 Å². The number of rotatable bonds is 6. The molecule has 2 N–H and O–H groups in total. The van der Waals surface area contributed by atoms with Gasteiger partial charge in [0, 0.05) is 13.2 Å². The smallest absolute Gasteiger partial charge is 0.209 e. The molecule has 2 unspecified atom stereocenters. The highest BCUT2D eigenvalue weighted by Crippen LogP contribution is 2.48. The third-order valence-electron chi connectivity index (χ3n) is 1.24. The lowest BCUT2D eigenvalue weighted by Gasteiger charge is -2.29. The van der Waals surface area contributed by atoms with Crippen molar-refractivity contribution in [2.75, 3.05) is 19.8 Å². The average molecular weight is 257 g/mol. The summed E-state index contributed by atoms with van der Waals surface area (Å²) in [6.45, 7) is 1.93. The van der Waals surface area contributed by atoms with E-state index in [1.54, 1.807) is 6.92 Å². The lowest BCUT2D eigenvalue weighted by Crippen LogP contribution is -2.22. The molecule has 0 bridgehead atoms. The second-order valence-corrected chi connectivity index (χ2v) is 6.43. The summed E-state index contributed by atoms with van der Waals surface area (Å²) >= 11 is 0. The van der Waals surface area contributed by atoms with Gasteiger partial charge in [-0.3, -0.25) is 14.0 Å². The van der Waals surface area contributed by atoms with Gasteiger partial charge in [0.1, 0.15) is 7.60 Å². The number of nitrogens with one attached hydrogen (secondary N) is 1. The van der Waals surface area contributed by atoms with Crippen LogP contribution < -0.4 is 14.9 Å². The molecule has 0 spiro atoms. The molecule has 0 amide bonds. The number of aliphatic hydroxyl groups excluding tert-OH is 1. The molecule has 7 nitrogen and oxygen atoms in total. The highest BCUT2D eigenvalue weighted by Gasteiger charge is 2.11. The zero-order valence-electron chi connectivity index (χ0n) is 8.37. The third kappa shape index (κ3) is 8.96. The van der Waals surface area contributed by atoms with Crippen molar-refractivity contribution in [2.45, 2.75) is 6.92 Å². The number of aliphatic hydroxyl groups is 1. The first-order valence-electron chi connectivity index (χ1n) is 3.99.